The van der Waals surface area contributed by atoms with E-state index in [0.717, 1.165) is 28.1 Å². The van der Waals surface area contributed by atoms with Crippen molar-refractivity contribution in [3.05, 3.63) is 26.6 Å². The monoisotopic (exact) mass is 394 g/mol. The lowest BCUT2D eigenvalue weighted by atomic mass is 9.97. The van der Waals surface area contributed by atoms with Crippen LogP contribution >= 0.6 is 23.1 Å². The molecule has 0 unspecified atom stereocenters. The topological polar surface area (TPSA) is 109 Å². The summed E-state index contributed by atoms with van der Waals surface area (Å²) in [4.78, 5) is 46.8. The van der Waals surface area contributed by atoms with Crippen molar-refractivity contribution in [3.63, 3.8) is 0 Å². The van der Waals surface area contributed by atoms with Gasteiger partial charge in [0.25, 0.3) is 5.56 Å². The second kappa shape index (κ2) is 7.79. The van der Waals surface area contributed by atoms with Crippen LogP contribution in [0.1, 0.15) is 29.1 Å². The minimum Gasteiger partial charge on any atom is -0.369 e. The van der Waals surface area contributed by atoms with Crippen molar-refractivity contribution >= 4 is 45.1 Å². The van der Waals surface area contributed by atoms with E-state index in [-0.39, 0.29) is 29.0 Å². The molecule has 2 aromatic rings. The van der Waals surface area contributed by atoms with Crippen LogP contribution < -0.4 is 11.3 Å². The van der Waals surface area contributed by atoms with Crippen LogP contribution in [-0.2, 0) is 15.3 Å². The minimum absolute atomic E-state index is 0.00723. The number of amides is 2. The minimum atomic E-state index is -0.341. The van der Waals surface area contributed by atoms with Gasteiger partial charge < -0.3 is 15.6 Å². The number of likely N-dealkylation sites (tertiary alicyclic amines) is 1. The number of aromatic amines is 1. The van der Waals surface area contributed by atoms with E-state index in [9.17, 15) is 14.4 Å². The standard InChI is InChI=1S/C17H22N4O3S2/c1-9-10(2)26-17-14(9)16(24)19-12(20-17)7-25-8-13(22)21-5-3-4-11(6-21)15(18)23/h11H,3-8H2,1-2H3,(H2,18,23)(H,19,20,24)/t11-/m0/s1. The number of thiophene rings is 1. The van der Waals surface area contributed by atoms with Crippen molar-refractivity contribution in [2.24, 2.45) is 11.7 Å². The molecule has 1 fully saturated rings. The van der Waals surface area contributed by atoms with E-state index < -0.39 is 0 Å². The van der Waals surface area contributed by atoms with Crippen LogP contribution in [0.3, 0.4) is 0 Å². The highest BCUT2D eigenvalue weighted by atomic mass is 32.2. The van der Waals surface area contributed by atoms with E-state index in [1.54, 1.807) is 4.90 Å². The van der Waals surface area contributed by atoms with Crippen LogP contribution in [0.5, 0.6) is 0 Å². The molecule has 1 aliphatic heterocycles. The highest BCUT2D eigenvalue weighted by Crippen LogP contribution is 2.26. The molecule has 2 aromatic heterocycles. The van der Waals surface area contributed by atoms with Gasteiger partial charge in [-0.2, -0.15) is 0 Å². The number of nitrogens with two attached hydrogens (primary N) is 1. The molecule has 3 heterocycles. The number of aromatic nitrogens is 2. The first-order valence-electron chi connectivity index (χ1n) is 8.50. The number of primary amides is 1. The van der Waals surface area contributed by atoms with Gasteiger partial charge in [0.1, 0.15) is 10.7 Å². The fraction of sp³-hybridized carbons (Fsp3) is 0.529. The number of aryl methyl sites for hydroxylation is 2. The zero-order valence-electron chi connectivity index (χ0n) is 14.8. The Kier molecular flexibility index (Phi) is 5.67. The van der Waals surface area contributed by atoms with Gasteiger partial charge in [0.2, 0.25) is 11.8 Å². The zero-order chi connectivity index (χ0) is 18.8. The largest absolute Gasteiger partial charge is 0.369 e. The Labute approximate surface area is 159 Å². The summed E-state index contributed by atoms with van der Waals surface area (Å²) >= 11 is 2.92. The summed E-state index contributed by atoms with van der Waals surface area (Å²) in [5.41, 5.74) is 6.20. The van der Waals surface area contributed by atoms with Crippen LogP contribution in [0.15, 0.2) is 4.79 Å². The third kappa shape index (κ3) is 3.93. The first-order chi connectivity index (χ1) is 12.4. The number of piperidine rings is 1. The molecule has 0 bridgehead atoms. The maximum Gasteiger partial charge on any atom is 0.259 e. The molecule has 1 aliphatic rings. The smallest absolute Gasteiger partial charge is 0.259 e. The lowest BCUT2D eigenvalue weighted by Crippen LogP contribution is -2.44. The number of nitrogens with one attached hydrogen (secondary N) is 1. The van der Waals surface area contributed by atoms with Crippen LogP contribution in [-0.4, -0.2) is 45.5 Å². The molecule has 0 spiro atoms. The van der Waals surface area contributed by atoms with Gasteiger partial charge in [-0.3, -0.25) is 14.4 Å². The number of rotatable bonds is 5. The Balaban J connectivity index is 1.59. The molecule has 3 N–H and O–H groups in total. The van der Waals surface area contributed by atoms with Gasteiger partial charge in [0.15, 0.2) is 0 Å². The fourth-order valence-corrected chi connectivity index (χ4v) is 4.97. The summed E-state index contributed by atoms with van der Waals surface area (Å²) in [7, 11) is 0. The van der Waals surface area contributed by atoms with Crippen LogP contribution in [0, 0.1) is 19.8 Å². The van der Waals surface area contributed by atoms with Crippen LogP contribution in [0.25, 0.3) is 10.2 Å². The van der Waals surface area contributed by atoms with Crippen molar-refractivity contribution in [2.75, 3.05) is 18.8 Å². The molecule has 26 heavy (non-hydrogen) atoms. The quantitative estimate of drug-likeness (QED) is 0.800. The zero-order valence-corrected chi connectivity index (χ0v) is 16.5. The molecule has 9 heteroatoms. The maximum atomic E-state index is 12.3. The van der Waals surface area contributed by atoms with E-state index >= 15 is 0 Å². The molecule has 0 radical (unpaired) electrons. The van der Waals surface area contributed by atoms with Crippen molar-refractivity contribution in [3.8, 4) is 0 Å². The Bertz CT molecular complexity index is 905. The molecule has 7 nitrogen and oxygen atoms in total. The first-order valence-corrected chi connectivity index (χ1v) is 10.5. The molecule has 0 aromatic carbocycles. The van der Waals surface area contributed by atoms with Gasteiger partial charge in [-0.05, 0) is 32.3 Å². The summed E-state index contributed by atoms with van der Waals surface area (Å²) < 4.78 is 0. The van der Waals surface area contributed by atoms with Crippen molar-refractivity contribution < 1.29 is 9.59 Å². The second-order valence-corrected chi connectivity index (χ2v) is 8.74. The molecular formula is C17H22N4O3S2. The predicted molar refractivity (Wildman–Crippen MR) is 104 cm³/mol. The number of hydrogen-bond acceptors (Lipinski definition) is 6. The van der Waals surface area contributed by atoms with Crippen molar-refractivity contribution in [1.82, 2.24) is 14.9 Å². The van der Waals surface area contributed by atoms with Crippen molar-refractivity contribution in [1.29, 1.82) is 0 Å². The van der Waals surface area contributed by atoms with E-state index in [1.165, 1.54) is 23.1 Å². The summed E-state index contributed by atoms with van der Waals surface area (Å²) in [6.07, 6.45) is 1.55. The molecular weight excluding hydrogens is 372 g/mol. The second-order valence-electron chi connectivity index (χ2n) is 6.55. The van der Waals surface area contributed by atoms with Crippen LogP contribution in [0.2, 0.25) is 0 Å². The number of H-pyrrole nitrogens is 1. The van der Waals surface area contributed by atoms with E-state index in [4.69, 9.17) is 5.73 Å². The van der Waals surface area contributed by atoms with Gasteiger partial charge >= 0.3 is 0 Å². The average molecular weight is 395 g/mol. The Morgan fingerprint density at radius 1 is 1.42 bits per heavy atom. The maximum absolute atomic E-state index is 12.3. The third-order valence-corrected chi connectivity index (χ3v) is 6.76. The van der Waals surface area contributed by atoms with E-state index in [2.05, 4.69) is 9.97 Å². The average Bonchev–Trinajstić information content (AvgIpc) is 2.89. The predicted octanol–water partition coefficient (Wildman–Crippen LogP) is 1.56. The summed E-state index contributed by atoms with van der Waals surface area (Å²) in [6, 6.07) is 0. The van der Waals surface area contributed by atoms with Crippen molar-refractivity contribution in [2.45, 2.75) is 32.4 Å². The SMILES string of the molecule is Cc1sc2nc(CSCC(=O)N3CCC[C@H](C(N)=O)C3)[nH]c(=O)c2c1C. The van der Waals surface area contributed by atoms with E-state index in [0.29, 0.717) is 30.1 Å². The van der Waals surface area contributed by atoms with Gasteiger partial charge in [0.05, 0.1) is 22.8 Å². The highest BCUT2D eigenvalue weighted by Gasteiger charge is 2.26. The van der Waals surface area contributed by atoms with Crippen LogP contribution in [0.4, 0.5) is 0 Å². The molecule has 3 rings (SSSR count). The number of thioether (sulfide) groups is 1. The molecule has 0 saturated carbocycles. The normalized spacial score (nSPS) is 17.6. The van der Waals surface area contributed by atoms with Gasteiger partial charge in [-0.1, -0.05) is 0 Å². The summed E-state index contributed by atoms with van der Waals surface area (Å²) in [5.74, 6) is 0.730. The molecule has 2 amide bonds. The molecule has 140 valence electrons. The number of fused-ring (bicyclic) bond motifs is 1. The lowest BCUT2D eigenvalue weighted by Gasteiger charge is -2.31. The molecule has 1 saturated heterocycles. The Morgan fingerprint density at radius 3 is 2.92 bits per heavy atom. The number of nitrogens with zero attached hydrogens (tertiary/aromatic N) is 2. The Morgan fingerprint density at radius 2 is 2.19 bits per heavy atom. The van der Waals surface area contributed by atoms with Gasteiger partial charge in [-0.25, -0.2) is 4.98 Å². The Hall–Kier alpha value is -1.87. The molecule has 1 atom stereocenters. The fourth-order valence-electron chi connectivity index (χ4n) is 3.13. The van der Waals surface area contributed by atoms with E-state index in [1.807, 2.05) is 13.8 Å². The summed E-state index contributed by atoms with van der Waals surface area (Å²) in [6.45, 7) is 4.98. The lowest BCUT2D eigenvalue weighted by molar-refractivity contribution is -0.132. The first kappa shape index (κ1) is 18.9. The number of carbonyl (C=O) groups excluding carboxylic acids is 2. The highest BCUT2D eigenvalue weighted by molar-refractivity contribution is 7.99. The van der Waals surface area contributed by atoms with Gasteiger partial charge in [0, 0.05) is 18.0 Å². The molecule has 0 aliphatic carbocycles. The summed E-state index contributed by atoms with van der Waals surface area (Å²) in [5, 5.41) is 0.656. The van der Waals surface area contributed by atoms with Gasteiger partial charge in [-0.15, -0.1) is 23.1 Å². The number of carbonyl (C=O) groups is 2. The third-order valence-electron chi connectivity index (χ3n) is 4.73. The number of hydrogen-bond donors (Lipinski definition) is 2.